The summed E-state index contributed by atoms with van der Waals surface area (Å²) in [4.78, 5) is 11.2. The Morgan fingerprint density at radius 3 is 2.94 bits per heavy atom. The zero-order valence-corrected chi connectivity index (χ0v) is 11.3. The van der Waals surface area contributed by atoms with Crippen LogP contribution in [0.4, 0.5) is 5.82 Å². The summed E-state index contributed by atoms with van der Waals surface area (Å²) in [7, 11) is 2.18. The first kappa shape index (κ1) is 12.6. The van der Waals surface area contributed by atoms with Gasteiger partial charge in [-0.25, -0.2) is 4.98 Å². The van der Waals surface area contributed by atoms with E-state index in [0.717, 1.165) is 24.6 Å². The maximum Gasteiger partial charge on any atom is 0.144 e. The number of rotatable bonds is 5. The third-order valence-corrected chi connectivity index (χ3v) is 4.15. The second-order valence-electron chi connectivity index (χ2n) is 4.36. The standard InChI is InChI=1S/C12H20N4S/c1-3-13-12-7-14-10(6-15-12)8-16(2)11-4-5-17-9-11/h6-7,11H,3-5,8-9H2,1-2H3,(H,13,15). The van der Waals surface area contributed by atoms with Crippen molar-refractivity contribution in [2.24, 2.45) is 0 Å². The van der Waals surface area contributed by atoms with Crippen LogP contribution in [0.3, 0.4) is 0 Å². The molecule has 4 nitrogen and oxygen atoms in total. The van der Waals surface area contributed by atoms with Crippen LogP contribution in [0.1, 0.15) is 19.0 Å². The number of hydrogen-bond donors (Lipinski definition) is 1. The van der Waals surface area contributed by atoms with E-state index in [9.17, 15) is 0 Å². The minimum atomic E-state index is 0.704. The van der Waals surface area contributed by atoms with Crippen LogP contribution in [-0.4, -0.2) is 46.0 Å². The van der Waals surface area contributed by atoms with Crippen LogP contribution >= 0.6 is 11.8 Å². The minimum Gasteiger partial charge on any atom is -0.369 e. The van der Waals surface area contributed by atoms with E-state index in [0.29, 0.717) is 6.04 Å². The highest BCUT2D eigenvalue weighted by Gasteiger charge is 2.20. The molecule has 0 spiro atoms. The predicted molar refractivity (Wildman–Crippen MR) is 73.4 cm³/mol. The molecule has 0 aromatic carbocycles. The van der Waals surface area contributed by atoms with E-state index < -0.39 is 0 Å². The number of nitrogens with zero attached hydrogens (tertiary/aromatic N) is 3. The third kappa shape index (κ3) is 3.57. The Labute approximate surface area is 107 Å². The summed E-state index contributed by atoms with van der Waals surface area (Å²) in [6.07, 6.45) is 4.98. The van der Waals surface area contributed by atoms with Gasteiger partial charge in [0, 0.05) is 24.9 Å². The van der Waals surface area contributed by atoms with Crippen LogP contribution in [0.2, 0.25) is 0 Å². The average molecular weight is 252 g/mol. The summed E-state index contributed by atoms with van der Waals surface area (Å²) >= 11 is 2.04. The molecular formula is C12H20N4S. The molecule has 1 saturated heterocycles. The quantitative estimate of drug-likeness (QED) is 0.866. The van der Waals surface area contributed by atoms with Gasteiger partial charge in [0.05, 0.1) is 18.1 Å². The summed E-state index contributed by atoms with van der Waals surface area (Å²) in [6.45, 7) is 3.83. The summed E-state index contributed by atoms with van der Waals surface area (Å²) in [5.74, 6) is 3.40. The molecule has 1 aromatic rings. The molecule has 2 rings (SSSR count). The highest BCUT2D eigenvalue weighted by Crippen LogP contribution is 2.22. The van der Waals surface area contributed by atoms with Crippen LogP contribution in [0, 0.1) is 0 Å². The minimum absolute atomic E-state index is 0.704. The van der Waals surface area contributed by atoms with Crippen molar-refractivity contribution >= 4 is 17.6 Å². The van der Waals surface area contributed by atoms with Crippen molar-refractivity contribution in [2.45, 2.75) is 25.9 Å². The van der Waals surface area contributed by atoms with Crippen molar-refractivity contribution in [3.8, 4) is 0 Å². The second kappa shape index (κ2) is 6.21. The van der Waals surface area contributed by atoms with E-state index in [1.807, 2.05) is 24.2 Å². The van der Waals surface area contributed by atoms with Crippen molar-refractivity contribution in [1.29, 1.82) is 0 Å². The van der Waals surface area contributed by atoms with Crippen LogP contribution < -0.4 is 5.32 Å². The SMILES string of the molecule is CCNc1cnc(CN(C)C2CCSC2)cn1. The lowest BCUT2D eigenvalue weighted by molar-refractivity contribution is 0.251. The van der Waals surface area contributed by atoms with Crippen molar-refractivity contribution in [2.75, 3.05) is 30.4 Å². The molecule has 0 bridgehead atoms. The maximum absolute atomic E-state index is 4.44. The Balaban J connectivity index is 1.89. The molecule has 5 heteroatoms. The molecule has 1 aliphatic heterocycles. The van der Waals surface area contributed by atoms with Gasteiger partial charge in [0.1, 0.15) is 5.82 Å². The van der Waals surface area contributed by atoms with Gasteiger partial charge in [-0.05, 0) is 26.1 Å². The van der Waals surface area contributed by atoms with E-state index in [-0.39, 0.29) is 0 Å². The monoisotopic (exact) mass is 252 g/mol. The highest BCUT2D eigenvalue weighted by atomic mass is 32.2. The highest BCUT2D eigenvalue weighted by molar-refractivity contribution is 7.99. The van der Waals surface area contributed by atoms with E-state index in [1.54, 1.807) is 0 Å². The zero-order valence-electron chi connectivity index (χ0n) is 10.5. The Morgan fingerprint density at radius 2 is 2.35 bits per heavy atom. The summed E-state index contributed by atoms with van der Waals surface area (Å²) in [6, 6.07) is 0.704. The molecule has 1 aliphatic rings. The second-order valence-corrected chi connectivity index (χ2v) is 5.51. The number of aromatic nitrogens is 2. The van der Waals surface area contributed by atoms with Crippen LogP contribution in [0.15, 0.2) is 12.4 Å². The molecule has 94 valence electrons. The molecular weight excluding hydrogens is 232 g/mol. The smallest absolute Gasteiger partial charge is 0.144 e. The van der Waals surface area contributed by atoms with Crippen molar-refractivity contribution in [3.63, 3.8) is 0 Å². The Hall–Kier alpha value is -0.810. The molecule has 0 saturated carbocycles. The molecule has 0 radical (unpaired) electrons. The Bertz CT molecular complexity index is 335. The van der Waals surface area contributed by atoms with Gasteiger partial charge < -0.3 is 5.32 Å². The van der Waals surface area contributed by atoms with Gasteiger partial charge >= 0.3 is 0 Å². The lowest BCUT2D eigenvalue weighted by Gasteiger charge is -2.22. The van der Waals surface area contributed by atoms with Crippen molar-refractivity contribution in [3.05, 3.63) is 18.1 Å². The summed E-state index contributed by atoms with van der Waals surface area (Å²) in [5.41, 5.74) is 1.05. The van der Waals surface area contributed by atoms with Crippen molar-refractivity contribution < 1.29 is 0 Å². The van der Waals surface area contributed by atoms with Gasteiger partial charge in [-0.3, -0.25) is 9.88 Å². The van der Waals surface area contributed by atoms with Gasteiger partial charge in [0.2, 0.25) is 0 Å². The molecule has 1 N–H and O–H groups in total. The van der Waals surface area contributed by atoms with Gasteiger partial charge in [-0.1, -0.05) is 0 Å². The van der Waals surface area contributed by atoms with E-state index in [4.69, 9.17) is 0 Å². The van der Waals surface area contributed by atoms with E-state index in [2.05, 4.69) is 34.2 Å². The van der Waals surface area contributed by atoms with Crippen LogP contribution in [-0.2, 0) is 6.54 Å². The first-order chi connectivity index (χ1) is 8.29. The first-order valence-electron chi connectivity index (χ1n) is 6.12. The predicted octanol–water partition coefficient (Wildman–Crippen LogP) is 1.85. The summed E-state index contributed by atoms with van der Waals surface area (Å²) < 4.78 is 0. The average Bonchev–Trinajstić information content (AvgIpc) is 2.86. The molecule has 1 unspecified atom stereocenters. The Kier molecular flexibility index (Phi) is 4.62. The molecule has 0 aliphatic carbocycles. The number of thioether (sulfide) groups is 1. The van der Waals surface area contributed by atoms with Gasteiger partial charge in [-0.15, -0.1) is 0 Å². The maximum atomic E-state index is 4.44. The molecule has 1 aromatic heterocycles. The molecule has 0 amide bonds. The van der Waals surface area contributed by atoms with Crippen molar-refractivity contribution in [1.82, 2.24) is 14.9 Å². The largest absolute Gasteiger partial charge is 0.369 e. The van der Waals surface area contributed by atoms with Crippen LogP contribution in [0.25, 0.3) is 0 Å². The topological polar surface area (TPSA) is 41.1 Å². The number of hydrogen-bond acceptors (Lipinski definition) is 5. The van der Waals surface area contributed by atoms with Crippen LogP contribution in [0.5, 0.6) is 0 Å². The first-order valence-corrected chi connectivity index (χ1v) is 7.28. The molecule has 1 fully saturated rings. The fourth-order valence-corrected chi connectivity index (χ4v) is 3.26. The fourth-order valence-electron chi connectivity index (χ4n) is 1.96. The fraction of sp³-hybridized carbons (Fsp3) is 0.667. The third-order valence-electron chi connectivity index (χ3n) is 3.00. The lowest BCUT2D eigenvalue weighted by Crippen LogP contribution is -2.31. The molecule has 17 heavy (non-hydrogen) atoms. The van der Waals surface area contributed by atoms with Gasteiger partial charge in [0.25, 0.3) is 0 Å². The van der Waals surface area contributed by atoms with Gasteiger partial charge in [-0.2, -0.15) is 11.8 Å². The number of nitrogens with one attached hydrogen (secondary N) is 1. The zero-order chi connectivity index (χ0) is 12.1. The number of anilines is 1. The van der Waals surface area contributed by atoms with Gasteiger partial charge in [0.15, 0.2) is 0 Å². The summed E-state index contributed by atoms with van der Waals surface area (Å²) in [5, 5.41) is 3.15. The molecule has 2 heterocycles. The lowest BCUT2D eigenvalue weighted by atomic mass is 10.2. The normalized spacial score (nSPS) is 19.8. The molecule has 1 atom stereocenters. The van der Waals surface area contributed by atoms with E-state index >= 15 is 0 Å². The van der Waals surface area contributed by atoms with E-state index in [1.165, 1.54) is 17.9 Å². The Morgan fingerprint density at radius 1 is 1.47 bits per heavy atom.